The lowest BCUT2D eigenvalue weighted by atomic mass is 9.82. The maximum atomic E-state index is 9.67. The summed E-state index contributed by atoms with van der Waals surface area (Å²) >= 11 is 1.84. The number of ether oxygens (including phenoxy) is 1. The second kappa shape index (κ2) is 7.15. The van der Waals surface area contributed by atoms with E-state index in [4.69, 9.17) is 10.5 Å². The number of hydrogen-bond donors (Lipinski definition) is 1. The summed E-state index contributed by atoms with van der Waals surface area (Å²) in [4.78, 5) is 0. The van der Waals surface area contributed by atoms with Crippen LogP contribution in [0.1, 0.15) is 17.0 Å². The van der Waals surface area contributed by atoms with E-state index < -0.39 is 0 Å². The molecule has 2 aromatic carbocycles. The predicted octanol–water partition coefficient (Wildman–Crippen LogP) is 4.58. The first-order valence-electron chi connectivity index (χ1n) is 8.47. The molecule has 2 aliphatic heterocycles. The molecule has 0 bridgehead atoms. The topological polar surface area (TPSA) is 59.0 Å². The summed E-state index contributed by atoms with van der Waals surface area (Å²) < 4.78 is 5.96. The van der Waals surface area contributed by atoms with Crippen LogP contribution in [0.15, 0.2) is 89.0 Å². The zero-order valence-corrected chi connectivity index (χ0v) is 15.0. The minimum atomic E-state index is -0.142. The van der Waals surface area contributed by atoms with E-state index in [9.17, 15) is 5.26 Å². The van der Waals surface area contributed by atoms with E-state index in [0.29, 0.717) is 5.57 Å². The number of hydrogen-bond acceptors (Lipinski definition) is 4. The van der Waals surface area contributed by atoms with Crippen LogP contribution in [0, 0.1) is 11.3 Å². The number of allylic oxidation sites excluding steroid dienone is 2. The second-order valence-corrected chi connectivity index (χ2v) is 7.25. The van der Waals surface area contributed by atoms with Crippen LogP contribution in [0.3, 0.4) is 0 Å². The molecule has 0 spiro atoms. The van der Waals surface area contributed by atoms with Gasteiger partial charge in [-0.2, -0.15) is 17.0 Å². The van der Waals surface area contributed by atoms with Gasteiger partial charge in [0.1, 0.15) is 17.4 Å². The van der Waals surface area contributed by atoms with E-state index in [1.54, 1.807) is 0 Å². The minimum absolute atomic E-state index is 0.142. The number of nitriles is 1. The molecule has 2 N–H and O–H groups in total. The summed E-state index contributed by atoms with van der Waals surface area (Å²) in [6.07, 6.45) is 2.15. The van der Waals surface area contributed by atoms with Crippen LogP contribution >= 0.6 is 11.8 Å². The number of nitrogens with zero attached hydrogens (tertiary/aromatic N) is 1. The van der Waals surface area contributed by atoms with Crippen molar-refractivity contribution in [3.63, 3.8) is 0 Å². The molecule has 0 aliphatic carbocycles. The van der Waals surface area contributed by atoms with Gasteiger partial charge < -0.3 is 10.5 Å². The van der Waals surface area contributed by atoms with Gasteiger partial charge in [-0.3, -0.25) is 0 Å². The van der Waals surface area contributed by atoms with Gasteiger partial charge in [-0.05, 0) is 22.8 Å². The fraction of sp³-hybridized carbons (Fsp3) is 0.136. The largest absolute Gasteiger partial charge is 0.440 e. The summed E-state index contributed by atoms with van der Waals surface area (Å²) in [5.74, 6) is 2.60. The van der Waals surface area contributed by atoms with Gasteiger partial charge >= 0.3 is 0 Å². The summed E-state index contributed by atoms with van der Waals surface area (Å²) in [7, 11) is 0. The lowest BCUT2D eigenvalue weighted by Gasteiger charge is -2.33. The Morgan fingerprint density at radius 1 is 1.04 bits per heavy atom. The molecule has 4 heteroatoms. The fourth-order valence-corrected chi connectivity index (χ4v) is 4.48. The second-order valence-electron chi connectivity index (χ2n) is 6.26. The zero-order valence-electron chi connectivity index (χ0n) is 14.2. The maximum absolute atomic E-state index is 9.67. The Labute approximate surface area is 157 Å². The third-order valence-electron chi connectivity index (χ3n) is 4.61. The molecule has 0 radical (unpaired) electrons. The Morgan fingerprint density at radius 3 is 2.42 bits per heavy atom. The highest BCUT2D eigenvalue weighted by atomic mass is 32.2. The van der Waals surface area contributed by atoms with Crippen molar-refractivity contribution in [3.05, 3.63) is 100 Å². The van der Waals surface area contributed by atoms with E-state index in [1.165, 1.54) is 0 Å². The number of benzene rings is 2. The van der Waals surface area contributed by atoms with Gasteiger partial charge in [-0.25, -0.2) is 0 Å². The molecule has 0 saturated heterocycles. The first-order valence-corrected chi connectivity index (χ1v) is 9.62. The highest BCUT2D eigenvalue weighted by Gasteiger charge is 2.35. The third-order valence-corrected chi connectivity index (χ3v) is 5.64. The Bertz CT molecular complexity index is 953. The average Bonchev–Trinajstić information content (AvgIpc) is 2.69. The Kier molecular flexibility index (Phi) is 4.55. The van der Waals surface area contributed by atoms with Gasteiger partial charge in [0.15, 0.2) is 0 Å². The molecular formula is C22H18N2OS. The number of nitrogens with two attached hydrogens (primary N) is 1. The van der Waals surface area contributed by atoms with Crippen molar-refractivity contribution < 1.29 is 4.74 Å². The molecule has 0 fully saturated rings. The average molecular weight is 358 g/mol. The van der Waals surface area contributed by atoms with Crippen LogP contribution < -0.4 is 5.73 Å². The molecule has 128 valence electrons. The van der Waals surface area contributed by atoms with Crippen molar-refractivity contribution in [2.45, 2.75) is 5.92 Å². The van der Waals surface area contributed by atoms with Crippen LogP contribution in [0.2, 0.25) is 0 Å². The SMILES string of the molecule is N#CC1=C(N)OC2=C(CSC/C2=C\c2ccccc2)C1c1ccccc1. The molecule has 2 aromatic rings. The standard InChI is InChI=1S/C22H18N2OS/c23-12-18-20(16-9-5-2-6-10-16)19-14-26-13-17(21(19)25-22(18)24)11-15-7-3-1-4-8-15/h1-11,20H,13-14,24H2/b17-11+. The Balaban J connectivity index is 1.84. The molecule has 26 heavy (non-hydrogen) atoms. The first-order chi connectivity index (χ1) is 12.8. The highest BCUT2D eigenvalue weighted by Crippen LogP contribution is 2.45. The van der Waals surface area contributed by atoms with Crippen molar-refractivity contribution in [1.29, 1.82) is 5.26 Å². The summed E-state index contributed by atoms with van der Waals surface area (Å²) in [5.41, 5.74) is 11.1. The maximum Gasteiger partial charge on any atom is 0.205 e. The van der Waals surface area contributed by atoms with E-state index in [2.05, 4.69) is 24.3 Å². The van der Waals surface area contributed by atoms with Gasteiger partial charge in [-0.1, -0.05) is 60.7 Å². The minimum Gasteiger partial charge on any atom is -0.440 e. The van der Waals surface area contributed by atoms with Crippen LogP contribution in [0.5, 0.6) is 0 Å². The van der Waals surface area contributed by atoms with Gasteiger partial charge in [-0.15, -0.1) is 0 Å². The summed E-state index contributed by atoms with van der Waals surface area (Å²) in [6, 6.07) is 22.5. The molecule has 1 unspecified atom stereocenters. The third kappa shape index (κ3) is 3.02. The normalized spacial score (nSPS) is 21.2. The molecule has 4 rings (SSSR count). The molecule has 2 aliphatic rings. The van der Waals surface area contributed by atoms with Crippen molar-refractivity contribution in [2.75, 3.05) is 11.5 Å². The molecule has 0 amide bonds. The Hall–Kier alpha value is -2.90. The van der Waals surface area contributed by atoms with E-state index in [1.807, 2.05) is 60.3 Å². The molecule has 3 nitrogen and oxygen atoms in total. The summed E-state index contributed by atoms with van der Waals surface area (Å²) in [5, 5.41) is 9.67. The predicted molar refractivity (Wildman–Crippen MR) is 106 cm³/mol. The quantitative estimate of drug-likeness (QED) is 0.854. The van der Waals surface area contributed by atoms with Crippen LogP contribution in [-0.4, -0.2) is 11.5 Å². The first kappa shape index (κ1) is 16.6. The van der Waals surface area contributed by atoms with Gasteiger partial charge in [0.05, 0.1) is 5.92 Å². The van der Waals surface area contributed by atoms with E-state index in [-0.39, 0.29) is 11.8 Å². The van der Waals surface area contributed by atoms with Crippen LogP contribution in [0.25, 0.3) is 6.08 Å². The molecule has 0 aromatic heterocycles. The molecular weight excluding hydrogens is 340 g/mol. The van der Waals surface area contributed by atoms with Crippen molar-refractivity contribution in [3.8, 4) is 6.07 Å². The molecule has 1 atom stereocenters. The zero-order chi connectivity index (χ0) is 17.9. The van der Waals surface area contributed by atoms with E-state index in [0.717, 1.165) is 39.5 Å². The van der Waals surface area contributed by atoms with Crippen LogP contribution in [0.4, 0.5) is 0 Å². The fourth-order valence-electron chi connectivity index (χ4n) is 3.43. The molecule has 2 heterocycles. The number of thioether (sulfide) groups is 1. The molecule has 0 saturated carbocycles. The van der Waals surface area contributed by atoms with Crippen molar-refractivity contribution >= 4 is 17.8 Å². The van der Waals surface area contributed by atoms with E-state index >= 15 is 0 Å². The van der Waals surface area contributed by atoms with Crippen molar-refractivity contribution in [2.24, 2.45) is 5.73 Å². The van der Waals surface area contributed by atoms with Crippen molar-refractivity contribution in [1.82, 2.24) is 0 Å². The lowest BCUT2D eigenvalue weighted by Crippen LogP contribution is -2.25. The van der Waals surface area contributed by atoms with Crippen LogP contribution in [-0.2, 0) is 4.74 Å². The highest BCUT2D eigenvalue weighted by molar-refractivity contribution is 7.99. The lowest BCUT2D eigenvalue weighted by molar-refractivity contribution is 0.288. The Morgan fingerprint density at radius 2 is 1.73 bits per heavy atom. The number of rotatable bonds is 2. The van der Waals surface area contributed by atoms with Gasteiger partial charge in [0.25, 0.3) is 0 Å². The smallest absolute Gasteiger partial charge is 0.205 e. The summed E-state index contributed by atoms with van der Waals surface area (Å²) in [6.45, 7) is 0. The van der Waals surface area contributed by atoms with Gasteiger partial charge in [0, 0.05) is 17.1 Å². The monoisotopic (exact) mass is 358 g/mol. The van der Waals surface area contributed by atoms with Gasteiger partial charge in [0.2, 0.25) is 5.88 Å².